The van der Waals surface area contributed by atoms with Gasteiger partial charge >= 0.3 is 6.09 Å². The van der Waals surface area contributed by atoms with Crippen molar-refractivity contribution in [1.29, 1.82) is 0 Å². The Kier molecular flexibility index (Phi) is 14.2. The highest BCUT2D eigenvalue weighted by Gasteiger charge is 2.41. The second-order valence-electron chi connectivity index (χ2n) is 11.5. The highest BCUT2D eigenvalue weighted by Crippen LogP contribution is 2.25. The van der Waals surface area contributed by atoms with Gasteiger partial charge in [-0.1, -0.05) is 20.8 Å². The number of amides is 5. The molecule has 2 atom stereocenters. The lowest BCUT2D eigenvalue weighted by Crippen LogP contribution is -2.57. The first-order chi connectivity index (χ1) is 18.1. The summed E-state index contributed by atoms with van der Waals surface area (Å²) < 4.78 is 15.9. The molecule has 5 amide bonds. The number of primary amides is 1. The van der Waals surface area contributed by atoms with Crippen LogP contribution >= 0.6 is 0 Å². The molecule has 13 heteroatoms. The predicted molar refractivity (Wildman–Crippen MR) is 143 cm³/mol. The van der Waals surface area contributed by atoms with Crippen LogP contribution in [0.5, 0.6) is 0 Å². The van der Waals surface area contributed by atoms with Crippen molar-refractivity contribution in [3.8, 4) is 0 Å². The molecule has 5 N–H and O–H groups in total. The van der Waals surface area contributed by atoms with Crippen molar-refractivity contribution in [1.82, 2.24) is 20.9 Å². The minimum absolute atomic E-state index is 0.0434. The lowest BCUT2D eigenvalue weighted by Gasteiger charge is -2.35. The van der Waals surface area contributed by atoms with E-state index >= 15 is 0 Å². The first-order valence-electron chi connectivity index (χ1n) is 13.4. The fourth-order valence-electron chi connectivity index (χ4n) is 3.81. The number of likely N-dealkylation sites (tertiary alicyclic amines) is 1. The first kappa shape index (κ1) is 34.1. The van der Waals surface area contributed by atoms with Crippen molar-refractivity contribution in [3.63, 3.8) is 0 Å². The second kappa shape index (κ2) is 16.2. The molecule has 1 heterocycles. The average molecular weight is 558 g/mol. The molecule has 224 valence electrons. The van der Waals surface area contributed by atoms with E-state index in [0.717, 1.165) is 0 Å². The van der Waals surface area contributed by atoms with E-state index in [1.54, 1.807) is 20.8 Å². The van der Waals surface area contributed by atoms with Crippen LogP contribution in [0.15, 0.2) is 0 Å². The van der Waals surface area contributed by atoms with Gasteiger partial charge in [-0.2, -0.15) is 0 Å². The van der Waals surface area contributed by atoms with E-state index in [2.05, 4.69) is 16.0 Å². The Bertz CT molecular complexity index is 837. The van der Waals surface area contributed by atoms with Gasteiger partial charge in [0.1, 0.15) is 17.7 Å². The van der Waals surface area contributed by atoms with Gasteiger partial charge in [-0.3, -0.25) is 19.2 Å². The third-order valence-electron chi connectivity index (χ3n) is 5.72. The monoisotopic (exact) mass is 557 g/mol. The molecule has 0 aromatic carbocycles. The lowest BCUT2D eigenvalue weighted by atomic mass is 9.85. The Hall–Kier alpha value is -2.93. The summed E-state index contributed by atoms with van der Waals surface area (Å²) in [6.45, 7) is 13.1. The average Bonchev–Trinajstić information content (AvgIpc) is 3.30. The number of rotatable bonds is 15. The third-order valence-corrected chi connectivity index (χ3v) is 5.72. The van der Waals surface area contributed by atoms with Gasteiger partial charge in [0, 0.05) is 32.5 Å². The molecule has 0 aliphatic carbocycles. The molecule has 1 aliphatic heterocycles. The van der Waals surface area contributed by atoms with Crippen molar-refractivity contribution < 1.29 is 38.2 Å². The maximum absolute atomic E-state index is 13.1. The number of nitrogens with one attached hydrogen (secondary N) is 3. The molecule has 1 saturated heterocycles. The van der Waals surface area contributed by atoms with Gasteiger partial charge < -0.3 is 40.8 Å². The Morgan fingerprint density at radius 2 is 1.44 bits per heavy atom. The van der Waals surface area contributed by atoms with Crippen molar-refractivity contribution in [3.05, 3.63) is 0 Å². The molecule has 0 spiro atoms. The quantitative estimate of drug-likeness (QED) is 0.210. The normalized spacial score (nSPS) is 16.4. The fourth-order valence-corrected chi connectivity index (χ4v) is 3.81. The molecule has 1 rings (SSSR count). The van der Waals surface area contributed by atoms with Crippen LogP contribution in [0.4, 0.5) is 4.79 Å². The highest BCUT2D eigenvalue weighted by atomic mass is 16.6. The molecule has 1 aliphatic rings. The maximum Gasteiger partial charge on any atom is 0.407 e. The van der Waals surface area contributed by atoms with Gasteiger partial charge in [0.25, 0.3) is 0 Å². The van der Waals surface area contributed by atoms with Crippen LogP contribution in [0.3, 0.4) is 0 Å². The van der Waals surface area contributed by atoms with Gasteiger partial charge in [0.15, 0.2) is 0 Å². The molecule has 0 bridgehead atoms. The standard InChI is InChI=1S/C26H47N5O8/c1-25(2,3)21(23(35)31-13-7-8-18(31)22(27)34)30-20(33)10-9-19(32)28-11-14-37-16-17-38-15-12-29-24(36)39-26(4,5)6/h18,21H,7-17H2,1-6H3,(H2,27,34)(H,28,32)(H,29,36)(H,30,33)/t18-,21+/m0/s1. The number of nitrogens with zero attached hydrogens (tertiary/aromatic N) is 1. The van der Waals surface area contributed by atoms with Gasteiger partial charge in [0.2, 0.25) is 23.6 Å². The zero-order chi connectivity index (χ0) is 29.6. The van der Waals surface area contributed by atoms with Crippen molar-refractivity contribution in [2.45, 2.75) is 84.9 Å². The number of ether oxygens (including phenoxy) is 3. The molecular formula is C26H47N5O8. The topological polar surface area (TPSA) is 178 Å². The SMILES string of the molecule is CC(C)(C)OC(=O)NCCOCCOCCNC(=O)CCC(=O)N[C@H](C(=O)N1CCC[C@H]1C(N)=O)C(C)(C)C. The Morgan fingerprint density at radius 1 is 0.872 bits per heavy atom. The summed E-state index contributed by atoms with van der Waals surface area (Å²) in [5.74, 6) is -1.64. The van der Waals surface area contributed by atoms with Crippen LogP contribution in [0.1, 0.15) is 67.2 Å². The second-order valence-corrected chi connectivity index (χ2v) is 11.5. The highest BCUT2D eigenvalue weighted by molar-refractivity contribution is 5.93. The fraction of sp³-hybridized carbons (Fsp3) is 0.808. The molecule has 0 aromatic heterocycles. The maximum atomic E-state index is 13.1. The Morgan fingerprint density at radius 3 is 1.97 bits per heavy atom. The van der Waals surface area contributed by atoms with Gasteiger partial charge in [-0.15, -0.1) is 0 Å². The van der Waals surface area contributed by atoms with Crippen LogP contribution in [0.25, 0.3) is 0 Å². The van der Waals surface area contributed by atoms with E-state index in [-0.39, 0.29) is 37.8 Å². The largest absolute Gasteiger partial charge is 0.444 e. The van der Waals surface area contributed by atoms with Crippen molar-refractivity contribution in [2.24, 2.45) is 11.1 Å². The smallest absolute Gasteiger partial charge is 0.407 e. The van der Waals surface area contributed by atoms with Crippen LogP contribution < -0.4 is 21.7 Å². The zero-order valence-electron chi connectivity index (χ0n) is 24.2. The molecule has 0 radical (unpaired) electrons. The summed E-state index contributed by atoms with van der Waals surface area (Å²) in [4.78, 5) is 62.4. The van der Waals surface area contributed by atoms with E-state index < -0.39 is 41.0 Å². The first-order valence-corrected chi connectivity index (χ1v) is 13.4. The van der Waals surface area contributed by atoms with Gasteiger partial charge in [-0.05, 0) is 39.0 Å². The number of alkyl carbamates (subject to hydrolysis) is 1. The van der Waals surface area contributed by atoms with Crippen molar-refractivity contribution >= 4 is 29.7 Å². The molecule has 1 fully saturated rings. The molecular weight excluding hydrogens is 510 g/mol. The summed E-state index contributed by atoms with van der Waals surface area (Å²) in [6.07, 6.45) is 0.554. The minimum atomic E-state index is -0.850. The Balaban J connectivity index is 2.22. The number of carbonyl (C=O) groups is 5. The van der Waals surface area contributed by atoms with Crippen molar-refractivity contribution in [2.75, 3.05) is 46.1 Å². The van der Waals surface area contributed by atoms with Crippen LogP contribution in [0.2, 0.25) is 0 Å². The van der Waals surface area contributed by atoms with E-state index in [1.807, 2.05) is 20.8 Å². The molecule has 0 unspecified atom stereocenters. The summed E-state index contributed by atoms with van der Waals surface area (Å²) in [6, 6.07) is -1.52. The van der Waals surface area contributed by atoms with Gasteiger partial charge in [-0.25, -0.2) is 4.79 Å². The van der Waals surface area contributed by atoms with Crippen LogP contribution in [-0.4, -0.2) is 98.4 Å². The zero-order valence-corrected chi connectivity index (χ0v) is 24.2. The van der Waals surface area contributed by atoms with E-state index in [9.17, 15) is 24.0 Å². The van der Waals surface area contributed by atoms with E-state index in [1.165, 1.54) is 4.90 Å². The van der Waals surface area contributed by atoms with Crippen LogP contribution in [0, 0.1) is 5.41 Å². The minimum Gasteiger partial charge on any atom is -0.444 e. The summed E-state index contributed by atoms with van der Waals surface area (Å²) in [5.41, 5.74) is 4.28. The predicted octanol–water partition coefficient (Wildman–Crippen LogP) is 0.448. The van der Waals surface area contributed by atoms with Gasteiger partial charge in [0.05, 0.1) is 26.4 Å². The molecule has 0 aromatic rings. The number of hydrogen-bond donors (Lipinski definition) is 4. The summed E-state index contributed by atoms with van der Waals surface area (Å²) in [7, 11) is 0. The van der Waals surface area contributed by atoms with E-state index in [0.29, 0.717) is 45.8 Å². The van der Waals surface area contributed by atoms with E-state index in [4.69, 9.17) is 19.9 Å². The Labute approximate surface area is 231 Å². The lowest BCUT2D eigenvalue weighted by molar-refractivity contribution is -0.143. The molecule has 13 nitrogen and oxygen atoms in total. The third kappa shape index (κ3) is 14.1. The number of nitrogens with two attached hydrogens (primary N) is 1. The summed E-state index contributed by atoms with van der Waals surface area (Å²) in [5, 5.41) is 8.00. The van der Waals surface area contributed by atoms with Crippen LogP contribution in [-0.2, 0) is 33.4 Å². The number of carbonyl (C=O) groups excluding carboxylic acids is 5. The summed E-state index contributed by atoms with van der Waals surface area (Å²) >= 11 is 0. The number of hydrogen-bond acceptors (Lipinski definition) is 8. The molecule has 0 saturated carbocycles. The molecule has 39 heavy (non-hydrogen) atoms.